The fourth-order valence-corrected chi connectivity index (χ4v) is 4.40. The van der Waals surface area contributed by atoms with Gasteiger partial charge in [-0.1, -0.05) is 29.9 Å². The predicted octanol–water partition coefficient (Wildman–Crippen LogP) is 6.55. The predicted molar refractivity (Wildman–Crippen MR) is 159 cm³/mol. The van der Waals surface area contributed by atoms with Gasteiger partial charge in [0.2, 0.25) is 0 Å². The summed E-state index contributed by atoms with van der Waals surface area (Å²) in [6, 6.07) is 12.9. The van der Waals surface area contributed by atoms with Gasteiger partial charge in [-0.15, -0.1) is 13.2 Å². The van der Waals surface area contributed by atoms with Crippen molar-refractivity contribution in [3.05, 3.63) is 112 Å². The number of esters is 1. The van der Waals surface area contributed by atoms with E-state index in [1.807, 2.05) is 0 Å². The van der Waals surface area contributed by atoms with Crippen LogP contribution in [-0.4, -0.2) is 52.6 Å². The van der Waals surface area contributed by atoms with Gasteiger partial charge in [0.15, 0.2) is 24.0 Å². The van der Waals surface area contributed by atoms with Gasteiger partial charge in [-0.2, -0.15) is 0 Å². The summed E-state index contributed by atoms with van der Waals surface area (Å²) in [5.41, 5.74) is 0.727. The molecule has 0 aliphatic heterocycles. The van der Waals surface area contributed by atoms with Crippen LogP contribution in [0.15, 0.2) is 90.0 Å². The van der Waals surface area contributed by atoms with Crippen molar-refractivity contribution in [1.29, 1.82) is 0 Å². The standard InChI is InChI=1S/C34H27F3O9/c1-19(2)3-16-29(24-17-28(41)31-26(39)14-15-27(40)32(31)33(24)43)45-30(42)18-44-22-9-4-20(5-10-22)6-13-25(38)21-7-11-23(12-8-21)46-34(35,36)37/h3-15,17,29,39-40H,16,18H2,1-2H3/b13-6+/t29-/m1/s1. The fourth-order valence-electron chi connectivity index (χ4n) is 4.40. The molecule has 1 aliphatic carbocycles. The van der Waals surface area contributed by atoms with Crippen molar-refractivity contribution in [3.63, 3.8) is 0 Å². The van der Waals surface area contributed by atoms with Crippen LogP contribution in [0, 0.1) is 0 Å². The number of Topliss-reactive ketones (excluding diaryl/α,β-unsaturated/α-hetero) is 1. The van der Waals surface area contributed by atoms with Gasteiger partial charge in [-0.25, -0.2) is 4.79 Å². The topological polar surface area (TPSA) is 136 Å². The number of alkyl halides is 3. The largest absolute Gasteiger partial charge is 0.573 e. The van der Waals surface area contributed by atoms with Crippen molar-refractivity contribution >= 4 is 29.4 Å². The third-order valence-corrected chi connectivity index (χ3v) is 6.58. The van der Waals surface area contributed by atoms with Crippen molar-refractivity contribution in [2.24, 2.45) is 0 Å². The zero-order chi connectivity index (χ0) is 33.6. The van der Waals surface area contributed by atoms with Crippen LogP contribution in [0.1, 0.15) is 56.9 Å². The summed E-state index contributed by atoms with van der Waals surface area (Å²) in [5, 5.41) is 20.3. The van der Waals surface area contributed by atoms with E-state index in [1.54, 1.807) is 32.1 Å². The molecule has 0 saturated carbocycles. The number of phenols is 2. The molecule has 4 rings (SSSR count). The van der Waals surface area contributed by atoms with Gasteiger partial charge in [-0.3, -0.25) is 14.4 Å². The number of hydrogen-bond acceptors (Lipinski definition) is 9. The van der Waals surface area contributed by atoms with Crippen LogP contribution in [0.2, 0.25) is 0 Å². The summed E-state index contributed by atoms with van der Waals surface area (Å²) < 4.78 is 51.8. The minimum absolute atomic E-state index is 0.0546. The summed E-state index contributed by atoms with van der Waals surface area (Å²) in [7, 11) is 0. The van der Waals surface area contributed by atoms with Crippen LogP contribution in [0.3, 0.4) is 0 Å². The van der Waals surface area contributed by atoms with Gasteiger partial charge in [0, 0.05) is 17.6 Å². The molecule has 9 nitrogen and oxygen atoms in total. The molecular weight excluding hydrogens is 609 g/mol. The van der Waals surface area contributed by atoms with Crippen LogP contribution >= 0.6 is 0 Å². The Kier molecular flexibility index (Phi) is 10.1. The van der Waals surface area contributed by atoms with Crippen molar-refractivity contribution in [3.8, 4) is 23.0 Å². The molecule has 3 aromatic rings. The number of ketones is 3. The van der Waals surface area contributed by atoms with Crippen molar-refractivity contribution < 1.29 is 56.8 Å². The Balaban J connectivity index is 1.37. The maximum Gasteiger partial charge on any atom is 0.573 e. The third-order valence-electron chi connectivity index (χ3n) is 6.58. The first kappa shape index (κ1) is 33.2. The highest BCUT2D eigenvalue weighted by Gasteiger charge is 2.36. The number of carbonyl (C=O) groups is 4. The molecule has 46 heavy (non-hydrogen) atoms. The zero-order valence-corrected chi connectivity index (χ0v) is 24.5. The Hall–Kier alpha value is -5.65. The molecule has 0 bridgehead atoms. The number of allylic oxidation sites excluding steroid dienone is 3. The Bertz CT molecular complexity index is 1750. The molecule has 0 aromatic heterocycles. The number of halogens is 3. The molecule has 0 saturated heterocycles. The first-order chi connectivity index (χ1) is 21.7. The van der Waals surface area contributed by atoms with E-state index in [1.165, 1.54) is 36.4 Å². The lowest BCUT2D eigenvalue weighted by molar-refractivity contribution is -0.274. The third kappa shape index (κ3) is 8.50. The smallest absolute Gasteiger partial charge is 0.507 e. The average molecular weight is 637 g/mol. The minimum Gasteiger partial charge on any atom is -0.507 e. The highest BCUT2D eigenvalue weighted by Crippen LogP contribution is 2.36. The van der Waals surface area contributed by atoms with Gasteiger partial charge in [0.25, 0.3) is 0 Å². The minimum atomic E-state index is -4.84. The fraction of sp³-hybridized carbons (Fsp3) is 0.176. The number of hydrogen-bond donors (Lipinski definition) is 2. The molecule has 3 aromatic carbocycles. The molecule has 0 amide bonds. The summed E-state index contributed by atoms with van der Waals surface area (Å²) in [5.74, 6) is -3.92. The SMILES string of the molecule is CC(C)=CC[C@@H](OC(=O)COc1ccc(/C=C/C(=O)c2ccc(OC(F)(F)F)cc2)cc1)C1=CC(=O)c2c(O)ccc(O)c2C1=O. The normalized spacial score (nSPS) is 13.5. The van der Waals surface area contributed by atoms with Gasteiger partial charge in [-0.05, 0) is 80.1 Å². The summed E-state index contributed by atoms with van der Waals surface area (Å²) in [6.45, 7) is 3.05. The van der Waals surface area contributed by atoms with Crippen LogP contribution in [0.25, 0.3) is 6.08 Å². The second-order valence-corrected chi connectivity index (χ2v) is 10.3. The molecule has 1 aliphatic rings. The monoisotopic (exact) mass is 636 g/mol. The lowest BCUT2D eigenvalue weighted by Gasteiger charge is -2.23. The summed E-state index contributed by atoms with van der Waals surface area (Å²) in [4.78, 5) is 51.1. The van der Waals surface area contributed by atoms with E-state index in [4.69, 9.17) is 9.47 Å². The van der Waals surface area contributed by atoms with E-state index in [2.05, 4.69) is 4.74 Å². The Morgan fingerprint density at radius 1 is 0.870 bits per heavy atom. The second-order valence-electron chi connectivity index (χ2n) is 10.3. The summed E-state index contributed by atoms with van der Waals surface area (Å²) >= 11 is 0. The summed E-state index contributed by atoms with van der Waals surface area (Å²) in [6.07, 6.45) is -0.546. The zero-order valence-electron chi connectivity index (χ0n) is 24.5. The Labute approximate surface area is 260 Å². The van der Waals surface area contributed by atoms with E-state index in [9.17, 15) is 42.6 Å². The van der Waals surface area contributed by atoms with E-state index in [0.717, 1.165) is 35.9 Å². The first-order valence-electron chi connectivity index (χ1n) is 13.7. The van der Waals surface area contributed by atoms with Crippen molar-refractivity contribution in [1.82, 2.24) is 0 Å². The molecule has 0 heterocycles. The second kappa shape index (κ2) is 14.0. The van der Waals surface area contributed by atoms with E-state index < -0.39 is 59.6 Å². The van der Waals surface area contributed by atoms with Gasteiger partial charge in [0.1, 0.15) is 29.1 Å². The molecule has 0 radical (unpaired) electrons. The number of rotatable bonds is 11. The number of fused-ring (bicyclic) bond motifs is 1. The van der Waals surface area contributed by atoms with Crippen LogP contribution in [0.5, 0.6) is 23.0 Å². The maximum absolute atomic E-state index is 13.2. The van der Waals surface area contributed by atoms with Gasteiger partial charge >= 0.3 is 12.3 Å². The number of phenolic OH excluding ortho intramolecular Hbond substituents is 2. The lowest BCUT2D eigenvalue weighted by atomic mass is 9.85. The molecule has 1 atom stereocenters. The van der Waals surface area contributed by atoms with Crippen LogP contribution in [0.4, 0.5) is 13.2 Å². The van der Waals surface area contributed by atoms with Gasteiger partial charge in [0.05, 0.1) is 11.1 Å². The molecular formula is C34H27F3O9. The molecule has 0 spiro atoms. The maximum atomic E-state index is 13.2. The van der Waals surface area contributed by atoms with Crippen molar-refractivity contribution in [2.45, 2.75) is 32.7 Å². The number of aromatic hydroxyl groups is 2. The Morgan fingerprint density at radius 2 is 1.48 bits per heavy atom. The molecule has 0 fully saturated rings. The van der Waals surface area contributed by atoms with E-state index in [-0.39, 0.29) is 34.4 Å². The molecule has 2 N–H and O–H groups in total. The highest BCUT2D eigenvalue weighted by atomic mass is 19.4. The van der Waals surface area contributed by atoms with Crippen LogP contribution < -0.4 is 9.47 Å². The number of ether oxygens (including phenoxy) is 3. The van der Waals surface area contributed by atoms with Crippen LogP contribution in [-0.2, 0) is 9.53 Å². The quantitative estimate of drug-likeness (QED) is 0.0790. The first-order valence-corrected chi connectivity index (χ1v) is 13.7. The molecule has 0 unspecified atom stereocenters. The molecule has 238 valence electrons. The van der Waals surface area contributed by atoms with E-state index in [0.29, 0.717) is 5.56 Å². The van der Waals surface area contributed by atoms with Gasteiger partial charge < -0.3 is 24.4 Å². The number of benzene rings is 3. The Morgan fingerprint density at radius 3 is 2.09 bits per heavy atom. The van der Waals surface area contributed by atoms with Crippen molar-refractivity contribution in [2.75, 3.05) is 6.61 Å². The molecule has 12 heteroatoms. The lowest BCUT2D eigenvalue weighted by Crippen LogP contribution is -2.30. The average Bonchev–Trinajstić information content (AvgIpc) is 3.00. The number of carbonyl (C=O) groups excluding carboxylic acids is 4. The highest BCUT2D eigenvalue weighted by molar-refractivity contribution is 6.27. The van der Waals surface area contributed by atoms with E-state index >= 15 is 0 Å².